The van der Waals surface area contributed by atoms with Crippen molar-refractivity contribution in [2.45, 2.75) is 39.3 Å². The van der Waals surface area contributed by atoms with E-state index < -0.39 is 12.1 Å². The summed E-state index contributed by atoms with van der Waals surface area (Å²) >= 11 is 0. The molecule has 3 N–H and O–H groups in total. The summed E-state index contributed by atoms with van der Waals surface area (Å²) < 4.78 is 5.07. The predicted molar refractivity (Wildman–Crippen MR) is 71.6 cm³/mol. The minimum Gasteiger partial charge on any atom is -0.391 e. The van der Waals surface area contributed by atoms with Crippen molar-refractivity contribution >= 4 is 0 Å². The van der Waals surface area contributed by atoms with Crippen LogP contribution in [0.3, 0.4) is 0 Å². The van der Waals surface area contributed by atoms with Crippen LogP contribution in [-0.4, -0.2) is 21.4 Å². The molecule has 2 atom stereocenters. The smallest absolute Gasteiger partial charge is 0.246 e. The Morgan fingerprint density at radius 3 is 2.68 bits per heavy atom. The molecule has 0 saturated heterocycles. The summed E-state index contributed by atoms with van der Waals surface area (Å²) in [5.74, 6) is 0.850. The maximum atomic E-state index is 9.39. The highest BCUT2D eigenvalue weighted by molar-refractivity contribution is 5.31. The van der Waals surface area contributed by atoms with E-state index in [4.69, 9.17) is 10.3 Å². The van der Waals surface area contributed by atoms with Crippen LogP contribution in [0.15, 0.2) is 22.7 Å². The number of rotatable bonds is 4. The van der Waals surface area contributed by atoms with Gasteiger partial charge in [0.1, 0.15) is 6.04 Å². The Bertz CT molecular complexity index is 564. The summed E-state index contributed by atoms with van der Waals surface area (Å²) in [6, 6.07) is 5.60. The third-order valence-corrected chi connectivity index (χ3v) is 3.22. The first-order valence-electron chi connectivity index (χ1n) is 6.29. The van der Waals surface area contributed by atoms with E-state index in [1.165, 1.54) is 11.1 Å². The van der Waals surface area contributed by atoms with Crippen molar-refractivity contribution in [3.8, 4) is 0 Å². The number of aliphatic hydroxyl groups is 1. The quantitative estimate of drug-likeness (QED) is 0.874. The molecule has 5 nitrogen and oxygen atoms in total. The summed E-state index contributed by atoms with van der Waals surface area (Å²) in [7, 11) is 0. The van der Waals surface area contributed by atoms with Crippen LogP contribution >= 0.6 is 0 Å². The first-order valence-corrected chi connectivity index (χ1v) is 6.29. The molecule has 0 aliphatic rings. The Morgan fingerprint density at radius 2 is 2.05 bits per heavy atom. The van der Waals surface area contributed by atoms with Gasteiger partial charge >= 0.3 is 0 Å². The first-order chi connectivity index (χ1) is 8.97. The second-order valence-electron chi connectivity index (χ2n) is 4.91. The van der Waals surface area contributed by atoms with Gasteiger partial charge in [-0.25, -0.2) is 0 Å². The molecule has 0 aliphatic heterocycles. The molecule has 2 rings (SSSR count). The van der Waals surface area contributed by atoms with Gasteiger partial charge in [-0.15, -0.1) is 0 Å². The van der Waals surface area contributed by atoms with Crippen LogP contribution in [0.1, 0.15) is 41.4 Å². The Labute approximate surface area is 112 Å². The lowest BCUT2D eigenvalue weighted by Gasteiger charge is -2.08. The molecule has 0 amide bonds. The summed E-state index contributed by atoms with van der Waals surface area (Å²) in [6.45, 7) is 5.74. The van der Waals surface area contributed by atoms with Gasteiger partial charge in [0, 0.05) is 6.42 Å². The molecular weight excluding hydrogens is 242 g/mol. The molecule has 2 aromatic rings. The van der Waals surface area contributed by atoms with E-state index >= 15 is 0 Å². The highest BCUT2D eigenvalue weighted by Gasteiger charge is 2.19. The van der Waals surface area contributed by atoms with Crippen LogP contribution in [0.5, 0.6) is 0 Å². The number of nitrogens with zero attached hydrogens (tertiary/aromatic N) is 2. The molecule has 5 heteroatoms. The SMILES string of the molecule is Cc1ccc(Cc2noc([C@@H](N)[C@@H](C)O)n2)cc1C. The number of aliphatic hydroxyl groups excluding tert-OH is 1. The van der Waals surface area contributed by atoms with Crippen LogP contribution < -0.4 is 5.73 Å². The van der Waals surface area contributed by atoms with Gasteiger partial charge in [0.05, 0.1) is 6.10 Å². The molecule has 1 aromatic heterocycles. The second-order valence-corrected chi connectivity index (χ2v) is 4.91. The van der Waals surface area contributed by atoms with Crippen molar-refractivity contribution < 1.29 is 9.63 Å². The Hall–Kier alpha value is -1.72. The molecule has 0 radical (unpaired) electrons. The number of benzene rings is 1. The molecule has 0 saturated carbocycles. The second kappa shape index (κ2) is 5.50. The van der Waals surface area contributed by atoms with E-state index in [2.05, 4.69) is 36.1 Å². The van der Waals surface area contributed by atoms with Crippen molar-refractivity contribution in [2.24, 2.45) is 5.73 Å². The third-order valence-electron chi connectivity index (χ3n) is 3.22. The van der Waals surface area contributed by atoms with Crippen molar-refractivity contribution in [2.75, 3.05) is 0 Å². The lowest BCUT2D eigenvalue weighted by Crippen LogP contribution is -2.23. The van der Waals surface area contributed by atoms with Gasteiger partial charge in [-0.3, -0.25) is 0 Å². The molecule has 1 heterocycles. The lowest BCUT2D eigenvalue weighted by atomic mass is 10.0. The molecular formula is C14H19N3O2. The van der Waals surface area contributed by atoms with Gasteiger partial charge in [0.25, 0.3) is 0 Å². The topological polar surface area (TPSA) is 85.2 Å². The van der Waals surface area contributed by atoms with Gasteiger partial charge in [-0.2, -0.15) is 4.98 Å². The van der Waals surface area contributed by atoms with Crippen LogP contribution in [0.4, 0.5) is 0 Å². The summed E-state index contributed by atoms with van der Waals surface area (Å²) in [4.78, 5) is 4.22. The Kier molecular flexibility index (Phi) is 3.97. The average Bonchev–Trinajstić information content (AvgIpc) is 2.81. The monoisotopic (exact) mass is 261 g/mol. The molecule has 102 valence electrons. The van der Waals surface area contributed by atoms with Crippen molar-refractivity contribution in [1.82, 2.24) is 10.1 Å². The lowest BCUT2D eigenvalue weighted by molar-refractivity contribution is 0.146. The van der Waals surface area contributed by atoms with E-state index in [0.717, 1.165) is 5.56 Å². The molecule has 19 heavy (non-hydrogen) atoms. The normalized spacial score (nSPS) is 14.4. The van der Waals surface area contributed by atoms with Crippen LogP contribution in [0, 0.1) is 13.8 Å². The number of hydrogen-bond acceptors (Lipinski definition) is 5. The number of aryl methyl sites for hydroxylation is 2. The fourth-order valence-electron chi connectivity index (χ4n) is 1.78. The third kappa shape index (κ3) is 3.19. The number of aromatic nitrogens is 2. The molecule has 0 unspecified atom stereocenters. The summed E-state index contributed by atoms with van der Waals surface area (Å²) in [5, 5.41) is 13.3. The van der Waals surface area contributed by atoms with Crippen molar-refractivity contribution in [1.29, 1.82) is 0 Å². The largest absolute Gasteiger partial charge is 0.391 e. The van der Waals surface area contributed by atoms with Crippen molar-refractivity contribution in [3.05, 3.63) is 46.6 Å². The van der Waals surface area contributed by atoms with Crippen molar-refractivity contribution in [3.63, 3.8) is 0 Å². The first kappa shape index (κ1) is 13.7. The highest BCUT2D eigenvalue weighted by Crippen LogP contribution is 2.15. The Morgan fingerprint density at radius 1 is 1.32 bits per heavy atom. The maximum Gasteiger partial charge on any atom is 0.246 e. The maximum absolute atomic E-state index is 9.39. The van der Waals surface area contributed by atoms with Gasteiger partial charge in [-0.05, 0) is 37.5 Å². The van der Waals surface area contributed by atoms with Gasteiger partial charge in [-0.1, -0.05) is 23.4 Å². The molecule has 0 aliphatic carbocycles. The Balaban J connectivity index is 2.13. The minimum absolute atomic E-state index is 0.272. The molecule has 0 bridgehead atoms. The van der Waals surface area contributed by atoms with E-state index in [-0.39, 0.29) is 5.89 Å². The highest BCUT2D eigenvalue weighted by atomic mass is 16.5. The fraction of sp³-hybridized carbons (Fsp3) is 0.429. The van der Waals surface area contributed by atoms with E-state index in [0.29, 0.717) is 12.2 Å². The van der Waals surface area contributed by atoms with Gasteiger partial charge < -0.3 is 15.4 Å². The van der Waals surface area contributed by atoms with E-state index in [9.17, 15) is 5.11 Å². The van der Waals surface area contributed by atoms with Gasteiger partial charge in [0.2, 0.25) is 5.89 Å². The fourth-order valence-corrected chi connectivity index (χ4v) is 1.78. The van der Waals surface area contributed by atoms with Gasteiger partial charge in [0.15, 0.2) is 5.82 Å². The zero-order valence-electron chi connectivity index (χ0n) is 11.4. The number of nitrogens with two attached hydrogens (primary N) is 1. The zero-order chi connectivity index (χ0) is 14.0. The molecule has 0 spiro atoms. The summed E-state index contributed by atoms with van der Waals surface area (Å²) in [5.41, 5.74) is 9.36. The standard InChI is InChI=1S/C14H19N3O2/c1-8-4-5-11(6-9(8)2)7-12-16-14(19-17-12)13(15)10(3)18/h4-6,10,13,18H,7,15H2,1-3H3/t10-,13+/m1/s1. The van der Waals surface area contributed by atoms with E-state index in [1.54, 1.807) is 6.92 Å². The molecule has 0 fully saturated rings. The molecule has 1 aromatic carbocycles. The number of hydrogen-bond donors (Lipinski definition) is 2. The van der Waals surface area contributed by atoms with E-state index in [1.807, 2.05) is 6.07 Å². The summed E-state index contributed by atoms with van der Waals surface area (Å²) in [6.07, 6.45) is -0.119. The van der Waals surface area contributed by atoms with Crippen LogP contribution in [0.25, 0.3) is 0 Å². The van der Waals surface area contributed by atoms with Crippen LogP contribution in [-0.2, 0) is 6.42 Å². The average molecular weight is 261 g/mol. The zero-order valence-corrected chi connectivity index (χ0v) is 11.4. The minimum atomic E-state index is -0.713. The van der Waals surface area contributed by atoms with Crippen LogP contribution in [0.2, 0.25) is 0 Å². The predicted octanol–water partition coefficient (Wildman–Crippen LogP) is 1.66.